The van der Waals surface area contributed by atoms with Crippen LogP contribution in [0.2, 0.25) is 0 Å². The number of nitrogens with one attached hydrogen (secondary N) is 1. The lowest BCUT2D eigenvalue weighted by molar-refractivity contribution is -0.130. The summed E-state index contributed by atoms with van der Waals surface area (Å²) in [6, 6.07) is 5.48. The van der Waals surface area contributed by atoms with E-state index in [1.165, 1.54) is 25.1 Å². The van der Waals surface area contributed by atoms with E-state index in [1.807, 2.05) is 20.8 Å². The first-order valence-corrected chi connectivity index (χ1v) is 5.98. The molecule has 1 amide bonds. The third kappa shape index (κ3) is 4.69. The second-order valence-electron chi connectivity index (χ2n) is 5.27. The number of esters is 1. The number of ether oxygens (including phenoxy) is 1. The van der Waals surface area contributed by atoms with E-state index in [1.54, 1.807) is 0 Å². The molecule has 1 aromatic carbocycles. The average Bonchev–Trinajstić information content (AvgIpc) is 2.27. The van der Waals surface area contributed by atoms with Gasteiger partial charge in [0, 0.05) is 5.54 Å². The van der Waals surface area contributed by atoms with Gasteiger partial charge in [-0.25, -0.2) is 9.18 Å². The smallest absolute Gasteiger partial charge is 0.341 e. The van der Waals surface area contributed by atoms with E-state index >= 15 is 0 Å². The van der Waals surface area contributed by atoms with Gasteiger partial charge in [-0.3, -0.25) is 4.79 Å². The Morgan fingerprint density at radius 2 is 1.84 bits per heavy atom. The number of carbonyl (C=O) groups is 2. The Balaban J connectivity index is 2.67. The lowest BCUT2D eigenvalue weighted by atomic mass is 10.1. The molecule has 0 heterocycles. The van der Waals surface area contributed by atoms with Crippen molar-refractivity contribution in [1.29, 1.82) is 0 Å². The summed E-state index contributed by atoms with van der Waals surface area (Å²) in [7, 11) is 0. The number of hydrogen-bond donors (Lipinski definition) is 1. The van der Waals surface area contributed by atoms with Gasteiger partial charge in [0.2, 0.25) is 0 Å². The Morgan fingerprint density at radius 1 is 1.26 bits per heavy atom. The molecule has 0 unspecified atom stereocenters. The summed E-state index contributed by atoms with van der Waals surface area (Å²) < 4.78 is 18.3. The van der Waals surface area contributed by atoms with Gasteiger partial charge in [-0.1, -0.05) is 12.1 Å². The minimum atomic E-state index is -0.980. The highest BCUT2D eigenvalue weighted by Gasteiger charge is 2.23. The minimum Gasteiger partial charge on any atom is -0.449 e. The van der Waals surface area contributed by atoms with Crippen molar-refractivity contribution in [2.45, 2.75) is 39.3 Å². The van der Waals surface area contributed by atoms with Crippen molar-refractivity contribution in [3.8, 4) is 0 Å². The van der Waals surface area contributed by atoms with Crippen molar-refractivity contribution >= 4 is 11.9 Å². The number of amides is 1. The summed E-state index contributed by atoms with van der Waals surface area (Å²) in [5.41, 5.74) is -0.603. The van der Waals surface area contributed by atoms with Crippen LogP contribution in [-0.2, 0) is 9.53 Å². The molecule has 0 saturated carbocycles. The molecule has 104 valence electrons. The van der Waals surface area contributed by atoms with Crippen LogP contribution in [0.4, 0.5) is 4.39 Å². The molecule has 1 N–H and O–H groups in total. The summed E-state index contributed by atoms with van der Waals surface area (Å²) in [5.74, 6) is -1.94. The van der Waals surface area contributed by atoms with Gasteiger partial charge in [0.05, 0.1) is 5.56 Å². The van der Waals surface area contributed by atoms with Crippen molar-refractivity contribution in [3.05, 3.63) is 35.6 Å². The summed E-state index contributed by atoms with van der Waals surface area (Å²) in [5, 5.41) is 2.68. The fraction of sp³-hybridized carbons (Fsp3) is 0.429. The van der Waals surface area contributed by atoms with Gasteiger partial charge >= 0.3 is 5.97 Å². The van der Waals surface area contributed by atoms with E-state index in [0.717, 1.165) is 6.07 Å². The molecule has 4 nitrogen and oxygen atoms in total. The maximum atomic E-state index is 13.4. The second kappa shape index (κ2) is 5.82. The van der Waals surface area contributed by atoms with Crippen LogP contribution in [0.3, 0.4) is 0 Å². The van der Waals surface area contributed by atoms with E-state index < -0.39 is 29.3 Å². The first-order chi connectivity index (χ1) is 8.70. The molecule has 0 aliphatic heterocycles. The molecule has 0 bridgehead atoms. The maximum absolute atomic E-state index is 13.4. The van der Waals surface area contributed by atoms with Crippen LogP contribution in [0, 0.1) is 5.82 Å². The Morgan fingerprint density at radius 3 is 2.37 bits per heavy atom. The third-order valence-electron chi connectivity index (χ3n) is 2.25. The Labute approximate surface area is 112 Å². The summed E-state index contributed by atoms with van der Waals surface area (Å²) in [4.78, 5) is 23.4. The Kier molecular flexibility index (Phi) is 4.64. The maximum Gasteiger partial charge on any atom is 0.341 e. The molecular weight excluding hydrogens is 249 g/mol. The molecule has 1 atom stereocenters. The lowest BCUT2D eigenvalue weighted by Gasteiger charge is -2.23. The Bertz CT molecular complexity index is 480. The number of carbonyl (C=O) groups excluding carboxylic acids is 2. The van der Waals surface area contributed by atoms with Crippen LogP contribution in [0.25, 0.3) is 0 Å². The van der Waals surface area contributed by atoms with Crippen molar-refractivity contribution < 1.29 is 18.7 Å². The molecule has 0 aliphatic carbocycles. The largest absolute Gasteiger partial charge is 0.449 e. The highest BCUT2D eigenvalue weighted by atomic mass is 19.1. The molecule has 0 fully saturated rings. The predicted octanol–water partition coefficient (Wildman–Crippen LogP) is 2.29. The number of halogens is 1. The van der Waals surface area contributed by atoms with Gasteiger partial charge < -0.3 is 10.1 Å². The van der Waals surface area contributed by atoms with E-state index in [4.69, 9.17) is 4.74 Å². The zero-order chi connectivity index (χ0) is 14.6. The van der Waals surface area contributed by atoms with Crippen molar-refractivity contribution in [2.75, 3.05) is 0 Å². The molecule has 0 saturated heterocycles. The van der Waals surface area contributed by atoms with Gasteiger partial charge in [-0.2, -0.15) is 0 Å². The molecule has 19 heavy (non-hydrogen) atoms. The van der Waals surface area contributed by atoms with Crippen LogP contribution in [-0.4, -0.2) is 23.5 Å². The summed E-state index contributed by atoms with van der Waals surface area (Å²) in [6.07, 6.45) is -0.980. The molecule has 0 spiro atoms. The third-order valence-corrected chi connectivity index (χ3v) is 2.25. The normalized spacial score (nSPS) is 12.7. The molecule has 5 heteroatoms. The second-order valence-corrected chi connectivity index (χ2v) is 5.27. The highest BCUT2D eigenvalue weighted by Crippen LogP contribution is 2.10. The zero-order valence-corrected chi connectivity index (χ0v) is 11.5. The summed E-state index contributed by atoms with van der Waals surface area (Å²) in [6.45, 7) is 6.89. The van der Waals surface area contributed by atoms with Crippen LogP contribution in [0.5, 0.6) is 0 Å². The van der Waals surface area contributed by atoms with E-state index in [0.29, 0.717) is 0 Å². The fourth-order valence-electron chi connectivity index (χ4n) is 1.38. The van der Waals surface area contributed by atoms with Crippen molar-refractivity contribution in [1.82, 2.24) is 5.32 Å². The number of rotatable bonds is 3. The monoisotopic (exact) mass is 267 g/mol. The lowest BCUT2D eigenvalue weighted by Crippen LogP contribution is -2.46. The minimum absolute atomic E-state index is 0.182. The number of benzene rings is 1. The standard InChI is InChI=1S/C14H18FNO3/c1-9(12(17)16-14(2,3)4)19-13(18)10-7-5-6-8-11(10)15/h5-9H,1-4H3,(H,16,17)/t9-/m1/s1. The van der Waals surface area contributed by atoms with Gasteiger partial charge in [0.1, 0.15) is 5.82 Å². The fourth-order valence-corrected chi connectivity index (χ4v) is 1.38. The van der Waals surface area contributed by atoms with Gasteiger partial charge in [0.15, 0.2) is 6.10 Å². The van der Waals surface area contributed by atoms with Crippen LogP contribution in [0.15, 0.2) is 24.3 Å². The summed E-state index contributed by atoms with van der Waals surface area (Å²) >= 11 is 0. The van der Waals surface area contributed by atoms with Crippen LogP contribution in [0.1, 0.15) is 38.1 Å². The molecule has 1 aromatic rings. The average molecular weight is 267 g/mol. The van der Waals surface area contributed by atoms with Gasteiger partial charge in [-0.05, 0) is 39.8 Å². The van der Waals surface area contributed by atoms with E-state index in [9.17, 15) is 14.0 Å². The molecule has 0 aromatic heterocycles. The topological polar surface area (TPSA) is 55.4 Å². The molecular formula is C14H18FNO3. The van der Waals surface area contributed by atoms with Crippen LogP contribution >= 0.6 is 0 Å². The Hall–Kier alpha value is -1.91. The van der Waals surface area contributed by atoms with E-state index in [-0.39, 0.29) is 5.56 Å². The first kappa shape index (κ1) is 15.1. The van der Waals surface area contributed by atoms with E-state index in [2.05, 4.69) is 5.32 Å². The first-order valence-electron chi connectivity index (χ1n) is 5.98. The van der Waals surface area contributed by atoms with Crippen molar-refractivity contribution in [3.63, 3.8) is 0 Å². The number of hydrogen-bond acceptors (Lipinski definition) is 3. The molecule has 1 rings (SSSR count). The zero-order valence-electron chi connectivity index (χ0n) is 11.5. The highest BCUT2D eigenvalue weighted by molar-refractivity contribution is 5.92. The SMILES string of the molecule is C[C@@H](OC(=O)c1ccccc1F)C(=O)NC(C)(C)C. The molecule has 0 radical (unpaired) electrons. The van der Waals surface area contributed by atoms with Crippen LogP contribution < -0.4 is 5.32 Å². The van der Waals surface area contributed by atoms with Crippen molar-refractivity contribution in [2.24, 2.45) is 0 Å². The van der Waals surface area contributed by atoms with Gasteiger partial charge in [0.25, 0.3) is 5.91 Å². The quantitative estimate of drug-likeness (QED) is 0.855. The molecule has 0 aliphatic rings. The van der Waals surface area contributed by atoms with Gasteiger partial charge in [-0.15, -0.1) is 0 Å². The predicted molar refractivity (Wildman–Crippen MR) is 69.2 cm³/mol.